The molecule has 0 unspecified atom stereocenters. The molecular weight excluding hydrogens is 328 g/mol. The van der Waals surface area contributed by atoms with Crippen LogP contribution in [-0.2, 0) is 10.2 Å². The summed E-state index contributed by atoms with van der Waals surface area (Å²) < 4.78 is 0. The second kappa shape index (κ2) is 6.61. The summed E-state index contributed by atoms with van der Waals surface area (Å²) in [6.07, 6.45) is 3.53. The predicted molar refractivity (Wildman–Crippen MR) is 93.3 cm³/mol. The minimum atomic E-state index is -0.574. The summed E-state index contributed by atoms with van der Waals surface area (Å²) in [5.41, 5.74) is 0.590. The molecule has 0 aliphatic heterocycles. The van der Waals surface area contributed by atoms with Gasteiger partial charge in [0, 0.05) is 11.8 Å². The highest BCUT2D eigenvalue weighted by Gasteiger charge is 2.42. The van der Waals surface area contributed by atoms with E-state index in [0.29, 0.717) is 5.69 Å². The van der Waals surface area contributed by atoms with E-state index in [1.807, 2.05) is 30.3 Å². The Labute approximate surface area is 144 Å². The van der Waals surface area contributed by atoms with Crippen molar-refractivity contribution in [2.24, 2.45) is 0 Å². The Morgan fingerprint density at radius 3 is 2.42 bits per heavy atom. The van der Waals surface area contributed by atoms with Crippen LogP contribution in [0.3, 0.4) is 0 Å². The van der Waals surface area contributed by atoms with Gasteiger partial charge in [-0.25, -0.2) is 0 Å². The van der Waals surface area contributed by atoms with Crippen molar-refractivity contribution in [3.63, 3.8) is 0 Å². The Bertz CT molecular complexity index is 771. The Kier molecular flexibility index (Phi) is 4.53. The van der Waals surface area contributed by atoms with Gasteiger partial charge >= 0.3 is 0 Å². The molecule has 1 aliphatic rings. The molecule has 0 saturated heterocycles. The number of nitro benzene ring substituents is 1. The number of anilines is 1. The lowest BCUT2D eigenvalue weighted by molar-refractivity contribution is -0.384. The summed E-state index contributed by atoms with van der Waals surface area (Å²) in [5.74, 6) is -0.122. The van der Waals surface area contributed by atoms with Crippen molar-refractivity contribution in [2.45, 2.75) is 31.1 Å². The average molecular weight is 345 g/mol. The minimum Gasteiger partial charge on any atom is -0.325 e. The first-order valence-corrected chi connectivity index (χ1v) is 8.22. The number of carbonyl (C=O) groups excluding carboxylic acids is 1. The molecule has 5 nitrogen and oxygen atoms in total. The molecule has 124 valence electrons. The molecule has 0 atom stereocenters. The molecule has 0 spiro atoms. The summed E-state index contributed by atoms with van der Waals surface area (Å²) in [6, 6.07) is 14.0. The molecule has 6 heteroatoms. The van der Waals surface area contributed by atoms with E-state index in [-0.39, 0.29) is 16.6 Å². The largest absolute Gasteiger partial charge is 0.325 e. The van der Waals surface area contributed by atoms with E-state index in [9.17, 15) is 14.9 Å². The van der Waals surface area contributed by atoms with E-state index in [2.05, 4.69) is 5.32 Å². The number of nitro groups is 1. The molecule has 24 heavy (non-hydrogen) atoms. The Hall–Kier alpha value is -2.40. The number of rotatable bonds is 4. The zero-order valence-corrected chi connectivity index (χ0v) is 13.8. The SMILES string of the molecule is O=C(Nc1ccc(Cl)c([N+](=O)[O-])c1)C1(c2ccccc2)CCCC1. The quantitative estimate of drug-likeness (QED) is 0.645. The van der Waals surface area contributed by atoms with Crippen molar-refractivity contribution >= 4 is 28.9 Å². The molecule has 0 bridgehead atoms. The highest BCUT2D eigenvalue weighted by Crippen LogP contribution is 2.42. The maximum Gasteiger partial charge on any atom is 0.289 e. The zero-order chi connectivity index (χ0) is 17.2. The average Bonchev–Trinajstić information content (AvgIpc) is 3.08. The van der Waals surface area contributed by atoms with Crippen LogP contribution in [0.25, 0.3) is 0 Å². The first-order chi connectivity index (χ1) is 11.5. The second-order valence-electron chi connectivity index (χ2n) is 6.03. The molecule has 1 N–H and O–H groups in total. The third-order valence-electron chi connectivity index (χ3n) is 4.62. The summed E-state index contributed by atoms with van der Waals surface area (Å²) in [4.78, 5) is 23.4. The number of halogens is 1. The van der Waals surface area contributed by atoms with Crippen molar-refractivity contribution < 1.29 is 9.72 Å². The van der Waals surface area contributed by atoms with Crippen molar-refractivity contribution in [3.05, 3.63) is 69.2 Å². The van der Waals surface area contributed by atoms with Crippen LogP contribution in [0, 0.1) is 10.1 Å². The van der Waals surface area contributed by atoms with Crippen molar-refractivity contribution in [2.75, 3.05) is 5.32 Å². The standard InChI is InChI=1S/C18H17ClN2O3/c19-15-9-8-14(12-16(15)21(23)24)20-17(22)18(10-4-5-11-18)13-6-2-1-3-7-13/h1-3,6-9,12H,4-5,10-11H2,(H,20,22). The van der Waals surface area contributed by atoms with Gasteiger partial charge in [-0.3, -0.25) is 14.9 Å². The lowest BCUT2D eigenvalue weighted by atomic mass is 9.78. The normalized spacial score (nSPS) is 15.9. The molecule has 1 fully saturated rings. The van der Waals surface area contributed by atoms with Gasteiger partial charge < -0.3 is 5.32 Å². The van der Waals surface area contributed by atoms with Gasteiger partial charge in [-0.1, -0.05) is 54.8 Å². The first kappa shape index (κ1) is 16.5. The van der Waals surface area contributed by atoms with Gasteiger partial charge in [0.25, 0.3) is 5.69 Å². The van der Waals surface area contributed by atoms with Crippen LogP contribution >= 0.6 is 11.6 Å². The summed E-state index contributed by atoms with van der Waals surface area (Å²) in [7, 11) is 0. The predicted octanol–water partition coefficient (Wildman–Crippen LogP) is 4.70. The maximum atomic E-state index is 13.0. The fraction of sp³-hybridized carbons (Fsp3) is 0.278. The van der Waals surface area contributed by atoms with Crippen LogP contribution in [0.15, 0.2) is 48.5 Å². The lowest BCUT2D eigenvalue weighted by Gasteiger charge is -2.28. The maximum absolute atomic E-state index is 13.0. The van der Waals surface area contributed by atoms with E-state index < -0.39 is 10.3 Å². The van der Waals surface area contributed by atoms with Crippen LogP contribution in [0.5, 0.6) is 0 Å². The first-order valence-electron chi connectivity index (χ1n) is 7.84. The van der Waals surface area contributed by atoms with Crippen LogP contribution < -0.4 is 5.32 Å². The molecule has 0 heterocycles. The Balaban J connectivity index is 1.90. The van der Waals surface area contributed by atoms with E-state index in [4.69, 9.17) is 11.6 Å². The zero-order valence-electron chi connectivity index (χ0n) is 13.0. The van der Waals surface area contributed by atoms with Crippen LogP contribution in [0.4, 0.5) is 11.4 Å². The minimum absolute atomic E-state index is 0.0524. The second-order valence-corrected chi connectivity index (χ2v) is 6.44. The third kappa shape index (κ3) is 2.99. The Morgan fingerprint density at radius 1 is 1.12 bits per heavy atom. The number of nitrogens with zero attached hydrogens (tertiary/aromatic N) is 1. The molecule has 1 amide bonds. The van der Waals surface area contributed by atoms with Crippen LogP contribution in [0.2, 0.25) is 5.02 Å². The molecule has 1 aliphatic carbocycles. The van der Waals surface area contributed by atoms with Crippen LogP contribution in [-0.4, -0.2) is 10.8 Å². The fourth-order valence-corrected chi connectivity index (χ4v) is 3.55. The lowest BCUT2D eigenvalue weighted by Crippen LogP contribution is -2.37. The van der Waals surface area contributed by atoms with Crippen molar-refractivity contribution in [1.29, 1.82) is 0 Å². The monoisotopic (exact) mass is 344 g/mol. The highest BCUT2D eigenvalue weighted by molar-refractivity contribution is 6.32. The van der Waals surface area contributed by atoms with E-state index in [1.54, 1.807) is 6.07 Å². The van der Waals surface area contributed by atoms with Gasteiger partial charge in [0.05, 0.1) is 10.3 Å². The Morgan fingerprint density at radius 2 is 1.79 bits per heavy atom. The molecule has 2 aromatic rings. The molecule has 1 saturated carbocycles. The van der Waals surface area contributed by atoms with Crippen LogP contribution in [0.1, 0.15) is 31.2 Å². The number of amides is 1. The van der Waals surface area contributed by atoms with E-state index in [0.717, 1.165) is 31.2 Å². The summed E-state index contributed by atoms with van der Waals surface area (Å²) in [6.45, 7) is 0. The van der Waals surface area contributed by atoms with E-state index >= 15 is 0 Å². The van der Waals surface area contributed by atoms with Crippen molar-refractivity contribution in [3.8, 4) is 0 Å². The number of carbonyl (C=O) groups is 1. The smallest absolute Gasteiger partial charge is 0.289 e. The van der Waals surface area contributed by atoms with Gasteiger partial charge in [0.15, 0.2) is 0 Å². The number of hydrogen-bond donors (Lipinski definition) is 1. The van der Waals surface area contributed by atoms with Gasteiger partial charge in [-0.05, 0) is 30.5 Å². The fourth-order valence-electron chi connectivity index (χ4n) is 3.36. The molecule has 0 radical (unpaired) electrons. The van der Waals surface area contributed by atoms with Gasteiger partial charge in [-0.2, -0.15) is 0 Å². The van der Waals surface area contributed by atoms with Gasteiger partial charge in [0.1, 0.15) is 5.02 Å². The molecule has 0 aromatic heterocycles. The van der Waals surface area contributed by atoms with Crippen molar-refractivity contribution in [1.82, 2.24) is 0 Å². The van der Waals surface area contributed by atoms with Gasteiger partial charge in [0.2, 0.25) is 5.91 Å². The summed E-state index contributed by atoms with van der Waals surface area (Å²) in [5, 5.41) is 13.9. The molecule has 2 aromatic carbocycles. The summed E-state index contributed by atoms with van der Waals surface area (Å²) >= 11 is 5.82. The van der Waals surface area contributed by atoms with E-state index in [1.165, 1.54) is 12.1 Å². The third-order valence-corrected chi connectivity index (χ3v) is 4.94. The molecular formula is C18H17ClN2O3. The molecule has 3 rings (SSSR count). The van der Waals surface area contributed by atoms with Gasteiger partial charge in [-0.15, -0.1) is 0 Å². The number of nitrogens with one attached hydrogen (secondary N) is 1. The highest BCUT2D eigenvalue weighted by atomic mass is 35.5. The number of benzene rings is 2. The number of hydrogen-bond acceptors (Lipinski definition) is 3. The topological polar surface area (TPSA) is 72.2 Å².